The molecule has 162 valence electrons. The van der Waals surface area contributed by atoms with Gasteiger partial charge in [-0.2, -0.15) is 4.31 Å². The van der Waals surface area contributed by atoms with Gasteiger partial charge in [-0.1, -0.05) is 0 Å². The minimum Gasteiger partial charge on any atom is -0.376 e. The molecule has 0 aliphatic carbocycles. The molecule has 2 saturated heterocycles. The van der Waals surface area contributed by atoms with Crippen molar-refractivity contribution in [1.29, 1.82) is 0 Å². The molecule has 0 saturated carbocycles. The standard InChI is InChI=1S/C19H26F2N2O5S/c1-14(28-13-16-4-2-3-11-27-16)19(24)22-7-9-23(10-8-22)29(25,26)18-6-5-15(20)12-17(18)21/h5-6,12,14,16H,2-4,7-11,13H2,1H3. The summed E-state index contributed by atoms with van der Waals surface area (Å²) in [5, 5.41) is 0. The van der Waals surface area contributed by atoms with Crippen LogP contribution in [0.1, 0.15) is 26.2 Å². The second kappa shape index (κ2) is 9.46. The number of benzene rings is 1. The van der Waals surface area contributed by atoms with Gasteiger partial charge in [-0.05, 0) is 38.3 Å². The second-order valence-electron chi connectivity index (χ2n) is 7.27. The molecule has 2 aliphatic rings. The Balaban J connectivity index is 1.53. The minimum absolute atomic E-state index is 0.00611. The highest BCUT2D eigenvalue weighted by molar-refractivity contribution is 7.89. The van der Waals surface area contributed by atoms with E-state index in [0.717, 1.165) is 35.7 Å². The van der Waals surface area contributed by atoms with Crippen LogP contribution in [-0.4, -0.2) is 75.1 Å². The molecular weight excluding hydrogens is 406 g/mol. The van der Waals surface area contributed by atoms with Crippen molar-refractivity contribution in [3.05, 3.63) is 29.8 Å². The Labute approximate surface area is 169 Å². The van der Waals surface area contributed by atoms with E-state index in [1.54, 1.807) is 11.8 Å². The van der Waals surface area contributed by atoms with E-state index < -0.39 is 32.7 Å². The smallest absolute Gasteiger partial charge is 0.251 e. The van der Waals surface area contributed by atoms with Crippen molar-refractivity contribution in [1.82, 2.24) is 9.21 Å². The van der Waals surface area contributed by atoms with Gasteiger partial charge in [0.15, 0.2) is 0 Å². The number of ether oxygens (including phenoxy) is 2. The van der Waals surface area contributed by atoms with Crippen molar-refractivity contribution < 1.29 is 31.5 Å². The number of hydrogen-bond donors (Lipinski definition) is 0. The highest BCUT2D eigenvalue weighted by Gasteiger charge is 2.33. The molecule has 0 aromatic heterocycles. The number of carbonyl (C=O) groups is 1. The zero-order valence-corrected chi connectivity index (χ0v) is 17.2. The summed E-state index contributed by atoms with van der Waals surface area (Å²) in [7, 11) is -4.10. The first-order valence-corrected chi connectivity index (χ1v) is 11.2. The van der Waals surface area contributed by atoms with Crippen molar-refractivity contribution in [2.45, 2.75) is 43.3 Å². The van der Waals surface area contributed by atoms with Gasteiger partial charge in [0, 0.05) is 38.9 Å². The maximum absolute atomic E-state index is 13.9. The number of carbonyl (C=O) groups excluding carboxylic acids is 1. The SMILES string of the molecule is CC(OCC1CCCCO1)C(=O)N1CCN(S(=O)(=O)c2ccc(F)cc2F)CC1. The van der Waals surface area contributed by atoms with Gasteiger partial charge in [-0.3, -0.25) is 4.79 Å². The lowest BCUT2D eigenvalue weighted by Crippen LogP contribution is -2.53. The largest absolute Gasteiger partial charge is 0.376 e. The quantitative estimate of drug-likeness (QED) is 0.685. The summed E-state index contributed by atoms with van der Waals surface area (Å²) in [4.78, 5) is 13.6. The highest BCUT2D eigenvalue weighted by atomic mass is 32.2. The summed E-state index contributed by atoms with van der Waals surface area (Å²) in [5.74, 6) is -2.19. The molecular formula is C19H26F2N2O5S. The van der Waals surface area contributed by atoms with Crippen LogP contribution in [-0.2, 0) is 24.3 Å². The van der Waals surface area contributed by atoms with E-state index in [1.807, 2.05) is 0 Å². The molecule has 1 aromatic carbocycles. The normalized spacial score (nSPS) is 22.4. The number of piperazine rings is 1. The molecule has 29 heavy (non-hydrogen) atoms. The number of halogens is 2. The van der Waals surface area contributed by atoms with Crippen LogP contribution in [0.3, 0.4) is 0 Å². The second-order valence-corrected chi connectivity index (χ2v) is 9.17. The van der Waals surface area contributed by atoms with Crippen LogP contribution in [0.4, 0.5) is 8.78 Å². The number of amides is 1. The third kappa shape index (κ3) is 5.30. The molecule has 2 unspecified atom stereocenters. The van der Waals surface area contributed by atoms with Crippen molar-refractivity contribution in [3.8, 4) is 0 Å². The molecule has 2 atom stereocenters. The minimum atomic E-state index is -4.10. The first kappa shape index (κ1) is 22.1. The van der Waals surface area contributed by atoms with Gasteiger partial charge in [0.1, 0.15) is 22.6 Å². The van der Waals surface area contributed by atoms with Gasteiger partial charge in [-0.15, -0.1) is 0 Å². The van der Waals surface area contributed by atoms with Crippen molar-refractivity contribution in [2.75, 3.05) is 39.4 Å². The summed E-state index contributed by atoms with van der Waals surface area (Å²) in [6.07, 6.45) is 2.39. The maximum atomic E-state index is 13.9. The molecule has 2 fully saturated rings. The molecule has 2 aliphatic heterocycles. The lowest BCUT2D eigenvalue weighted by Gasteiger charge is -2.35. The summed E-state index contributed by atoms with van der Waals surface area (Å²) >= 11 is 0. The molecule has 1 aromatic rings. The van der Waals surface area contributed by atoms with E-state index in [9.17, 15) is 22.0 Å². The topological polar surface area (TPSA) is 76.2 Å². The van der Waals surface area contributed by atoms with Gasteiger partial charge in [-0.25, -0.2) is 17.2 Å². The summed E-state index contributed by atoms with van der Waals surface area (Å²) in [6, 6.07) is 2.37. The molecule has 7 nitrogen and oxygen atoms in total. The molecule has 10 heteroatoms. The summed E-state index contributed by atoms with van der Waals surface area (Å²) < 4.78 is 64.6. The van der Waals surface area contributed by atoms with Crippen molar-refractivity contribution in [2.24, 2.45) is 0 Å². The summed E-state index contributed by atoms with van der Waals surface area (Å²) in [6.45, 7) is 3.14. The zero-order chi connectivity index (χ0) is 21.0. The van der Waals surface area contributed by atoms with Crippen LogP contribution in [0.5, 0.6) is 0 Å². The van der Waals surface area contributed by atoms with Crippen LogP contribution in [0.2, 0.25) is 0 Å². The van der Waals surface area contributed by atoms with E-state index >= 15 is 0 Å². The molecule has 3 rings (SSSR count). The maximum Gasteiger partial charge on any atom is 0.251 e. The monoisotopic (exact) mass is 432 g/mol. The van der Waals surface area contributed by atoms with Gasteiger partial charge in [0.2, 0.25) is 10.0 Å². The van der Waals surface area contributed by atoms with Crippen molar-refractivity contribution >= 4 is 15.9 Å². The number of nitrogens with zero attached hydrogens (tertiary/aromatic N) is 2. The van der Waals surface area contributed by atoms with E-state index in [2.05, 4.69) is 0 Å². The fraction of sp³-hybridized carbons (Fsp3) is 0.632. The Hall–Kier alpha value is -1.62. The van der Waals surface area contributed by atoms with Gasteiger partial charge in [0.05, 0.1) is 12.7 Å². The molecule has 0 spiro atoms. The van der Waals surface area contributed by atoms with Gasteiger partial charge in [0.25, 0.3) is 5.91 Å². The Morgan fingerprint density at radius 3 is 2.59 bits per heavy atom. The average Bonchev–Trinajstić information content (AvgIpc) is 2.72. The average molecular weight is 432 g/mol. The molecule has 1 amide bonds. The van der Waals surface area contributed by atoms with Gasteiger partial charge < -0.3 is 14.4 Å². The fourth-order valence-corrected chi connectivity index (χ4v) is 4.96. The third-order valence-electron chi connectivity index (χ3n) is 5.22. The van der Waals surface area contributed by atoms with E-state index in [0.29, 0.717) is 19.3 Å². The predicted octanol–water partition coefficient (Wildman–Crippen LogP) is 1.77. The van der Waals surface area contributed by atoms with Crippen LogP contribution in [0, 0.1) is 11.6 Å². The zero-order valence-electron chi connectivity index (χ0n) is 16.4. The lowest BCUT2D eigenvalue weighted by atomic mass is 10.1. The lowest BCUT2D eigenvalue weighted by molar-refractivity contribution is -0.147. The Kier molecular flexibility index (Phi) is 7.20. The van der Waals surface area contributed by atoms with Crippen LogP contribution >= 0.6 is 0 Å². The number of rotatable bonds is 6. The Morgan fingerprint density at radius 1 is 1.24 bits per heavy atom. The molecule has 0 bridgehead atoms. The van der Waals surface area contributed by atoms with Crippen LogP contribution in [0.25, 0.3) is 0 Å². The Bertz CT molecular complexity index is 822. The van der Waals surface area contributed by atoms with Crippen LogP contribution < -0.4 is 0 Å². The van der Waals surface area contributed by atoms with Crippen molar-refractivity contribution in [3.63, 3.8) is 0 Å². The first-order chi connectivity index (χ1) is 13.8. The summed E-state index contributed by atoms with van der Waals surface area (Å²) in [5.41, 5.74) is 0. The fourth-order valence-electron chi connectivity index (χ4n) is 3.49. The number of sulfonamides is 1. The van der Waals surface area contributed by atoms with Crippen LogP contribution in [0.15, 0.2) is 23.1 Å². The third-order valence-corrected chi connectivity index (χ3v) is 7.15. The van der Waals surface area contributed by atoms with E-state index in [4.69, 9.17) is 9.47 Å². The molecule has 2 heterocycles. The predicted molar refractivity (Wildman–Crippen MR) is 101 cm³/mol. The Morgan fingerprint density at radius 2 is 1.97 bits per heavy atom. The van der Waals surface area contributed by atoms with E-state index in [-0.39, 0.29) is 38.2 Å². The molecule has 0 N–H and O–H groups in total. The first-order valence-electron chi connectivity index (χ1n) is 9.76. The van der Waals surface area contributed by atoms with E-state index in [1.165, 1.54) is 0 Å². The number of hydrogen-bond acceptors (Lipinski definition) is 5. The molecule has 0 radical (unpaired) electrons. The van der Waals surface area contributed by atoms with Gasteiger partial charge >= 0.3 is 0 Å². The highest BCUT2D eigenvalue weighted by Crippen LogP contribution is 2.22.